The zero-order chi connectivity index (χ0) is 13.7. The molecule has 0 aliphatic heterocycles. The van der Waals surface area contributed by atoms with Crippen LogP contribution in [0.25, 0.3) is 0 Å². The van der Waals surface area contributed by atoms with E-state index in [9.17, 15) is 4.79 Å². The minimum absolute atomic E-state index is 0.108. The van der Waals surface area contributed by atoms with Crippen molar-refractivity contribution in [1.82, 2.24) is 4.90 Å². The first-order valence-corrected chi connectivity index (χ1v) is 6.33. The SMILES string of the molecule is Cc1ccccc1C#CC(=O)N(C(C)C)C(C)C. The number of benzene rings is 1. The lowest BCUT2D eigenvalue weighted by molar-refractivity contribution is -0.128. The van der Waals surface area contributed by atoms with Gasteiger partial charge in [0.15, 0.2) is 0 Å². The van der Waals surface area contributed by atoms with Gasteiger partial charge in [0.1, 0.15) is 0 Å². The molecular weight excluding hydrogens is 222 g/mol. The number of hydrogen-bond acceptors (Lipinski definition) is 1. The van der Waals surface area contributed by atoms with Crippen LogP contribution in [-0.2, 0) is 4.79 Å². The topological polar surface area (TPSA) is 20.3 Å². The van der Waals surface area contributed by atoms with Gasteiger partial charge in [-0.1, -0.05) is 24.1 Å². The summed E-state index contributed by atoms with van der Waals surface area (Å²) in [7, 11) is 0. The quantitative estimate of drug-likeness (QED) is 0.731. The lowest BCUT2D eigenvalue weighted by atomic mass is 10.1. The first-order valence-electron chi connectivity index (χ1n) is 6.33. The minimum Gasteiger partial charge on any atom is -0.327 e. The average Bonchev–Trinajstić information content (AvgIpc) is 2.27. The van der Waals surface area contributed by atoms with Crippen LogP contribution in [0.4, 0.5) is 0 Å². The summed E-state index contributed by atoms with van der Waals surface area (Å²) in [4.78, 5) is 13.9. The first kappa shape index (κ1) is 14.3. The van der Waals surface area contributed by atoms with E-state index in [1.165, 1.54) is 0 Å². The van der Waals surface area contributed by atoms with Crippen LogP contribution in [0.5, 0.6) is 0 Å². The molecule has 0 spiro atoms. The van der Waals surface area contributed by atoms with Crippen molar-refractivity contribution >= 4 is 5.91 Å². The molecule has 1 amide bonds. The number of hydrogen-bond donors (Lipinski definition) is 0. The van der Waals surface area contributed by atoms with Crippen LogP contribution in [0.1, 0.15) is 38.8 Å². The molecule has 2 nitrogen and oxygen atoms in total. The highest BCUT2D eigenvalue weighted by molar-refractivity contribution is 5.94. The molecule has 0 bridgehead atoms. The third-order valence-corrected chi connectivity index (χ3v) is 2.80. The zero-order valence-electron chi connectivity index (χ0n) is 11.8. The van der Waals surface area contributed by atoms with Gasteiger partial charge in [-0.15, -0.1) is 0 Å². The number of carbonyl (C=O) groups excluding carboxylic acids is 1. The molecular formula is C16H21NO. The fraction of sp³-hybridized carbons (Fsp3) is 0.438. The highest BCUT2D eigenvalue weighted by Crippen LogP contribution is 2.07. The van der Waals surface area contributed by atoms with Crippen molar-refractivity contribution in [3.8, 4) is 11.8 Å². The minimum atomic E-state index is -0.108. The summed E-state index contributed by atoms with van der Waals surface area (Å²) in [5, 5.41) is 0. The van der Waals surface area contributed by atoms with E-state index < -0.39 is 0 Å². The van der Waals surface area contributed by atoms with E-state index in [2.05, 4.69) is 11.8 Å². The maximum Gasteiger partial charge on any atom is 0.299 e. The zero-order valence-corrected chi connectivity index (χ0v) is 11.8. The second-order valence-electron chi connectivity index (χ2n) is 4.96. The Morgan fingerprint density at radius 3 is 2.17 bits per heavy atom. The number of nitrogens with zero attached hydrogens (tertiary/aromatic N) is 1. The van der Waals surface area contributed by atoms with Crippen molar-refractivity contribution in [3.63, 3.8) is 0 Å². The highest BCUT2D eigenvalue weighted by atomic mass is 16.2. The van der Waals surface area contributed by atoms with Gasteiger partial charge in [-0.3, -0.25) is 4.79 Å². The van der Waals surface area contributed by atoms with E-state index in [4.69, 9.17) is 0 Å². The van der Waals surface area contributed by atoms with Crippen LogP contribution < -0.4 is 0 Å². The van der Waals surface area contributed by atoms with Crippen molar-refractivity contribution in [2.75, 3.05) is 0 Å². The molecule has 0 saturated carbocycles. The molecule has 0 fully saturated rings. The second kappa shape index (κ2) is 6.26. The largest absolute Gasteiger partial charge is 0.327 e. The Balaban J connectivity index is 2.92. The second-order valence-corrected chi connectivity index (χ2v) is 4.96. The van der Waals surface area contributed by atoms with E-state index in [-0.39, 0.29) is 18.0 Å². The van der Waals surface area contributed by atoms with E-state index >= 15 is 0 Å². The third-order valence-electron chi connectivity index (χ3n) is 2.80. The summed E-state index contributed by atoms with van der Waals surface area (Å²) >= 11 is 0. The van der Waals surface area contributed by atoms with Crippen LogP contribution in [0.15, 0.2) is 24.3 Å². The smallest absolute Gasteiger partial charge is 0.299 e. The standard InChI is InChI=1S/C16H21NO/c1-12(2)17(13(3)4)16(18)11-10-15-9-7-6-8-14(15)5/h6-9,12-13H,1-5H3. The van der Waals surface area contributed by atoms with Crippen molar-refractivity contribution in [3.05, 3.63) is 35.4 Å². The normalized spacial score (nSPS) is 10.2. The fourth-order valence-electron chi connectivity index (χ4n) is 1.96. The van der Waals surface area contributed by atoms with E-state index in [1.807, 2.05) is 58.9 Å². The Kier molecular flexibility index (Phi) is 4.97. The molecule has 0 atom stereocenters. The van der Waals surface area contributed by atoms with Gasteiger partial charge in [-0.2, -0.15) is 0 Å². The number of aryl methyl sites for hydroxylation is 1. The number of rotatable bonds is 2. The average molecular weight is 243 g/mol. The molecule has 0 aliphatic carbocycles. The molecule has 1 aromatic carbocycles. The molecule has 0 saturated heterocycles. The van der Waals surface area contributed by atoms with E-state index in [0.29, 0.717) is 0 Å². The monoisotopic (exact) mass is 243 g/mol. The summed E-state index contributed by atoms with van der Waals surface area (Å²) in [6, 6.07) is 8.18. The lowest BCUT2D eigenvalue weighted by Crippen LogP contribution is -2.41. The first-order chi connectivity index (χ1) is 8.43. The Morgan fingerprint density at radius 2 is 1.67 bits per heavy atom. The summed E-state index contributed by atoms with van der Waals surface area (Å²) in [6.45, 7) is 10.0. The summed E-state index contributed by atoms with van der Waals surface area (Å²) < 4.78 is 0. The van der Waals surface area contributed by atoms with Gasteiger partial charge in [-0.25, -0.2) is 0 Å². The predicted octanol–water partition coefficient (Wildman–Crippen LogP) is 2.99. The highest BCUT2D eigenvalue weighted by Gasteiger charge is 2.17. The molecule has 0 heterocycles. The lowest BCUT2D eigenvalue weighted by Gasteiger charge is -2.28. The summed E-state index contributed by atoms with van der Waals surface area (Å²) in [5.74, 6) is 5.59. The Hall–Kier alpha value is -1.75. The van der Waals surface area contributed by atoms with Crippen molar-refractivity contribution in [1.29, 1.82) is 0 Å². The van der Waals surface area contributed by atoms with Gasteiger partial charge in [0.2, 0.25) is 0 Å². The predicted molar refractivity (Wildman–Crippen MR) is 75.2 cm³/mol. The molecule has 1 rings (SSSR count). The van der Waals surface area contributed by atoms with Gasteiger partial charge in [0.05, 0.1) is 0 Å². The fourth-order valence-corrected chi connectivity index (χ4v) is 1.96. The molecule has 0 aromatic heterocycles. The van der Waals surface area contributed by atoms with Gasteiger partial charge in [0, 0.05) is 23.6 Å². The van der Waals surface area contributed by atoms with Crippen LogP contribution >= 0.6 is 0 Å². The molecule has 0 aliphatic rings. The maximum absolute atomic E-state index is 12.1. The Bertz CT molecular complexity index is 469. The van der Waals surface area contributed by atoms with Crippen LogP contribution in [0.3, 0.4) is 0 Å². The van der Waals surface area contributed by atoms with E-state index in [0.717, 1.165) is 11.1 Å². The van der Waals surface area contributed by atoms with Crippen molar-refractivity contribution < 1.29 is 4.79 Å². The van der Waals surface area contributed by atoms with Crippen molar-refractivity contribution in [2.24, 2.45) is 0 Å². The number of amides is 1. The van der Waals surface area contributed by atoms with Crippen LogP contribution in [0.2, 0.25) is 0 Å². The number of carbonyl (C=O) groups is 1. The molecule has 18 heavy (non-hydrogen) atoms. The van der Waals surface area contributed by atoms with Gasteiger partial charge >= 0.3 is 0 Å². The van der Waals surface area contributed by atoms with Crippen LogP contribution in [0, 0.1) is 18.8 Å². The maximum atomic E-state index is 12.1. The Morgan fingerprint density at radius 1 is 1.11 bits per heavy atom. The molecule has 0 N–H and O–H groups in total. The summed E-state index contributed by atoms with van der Waals surface area (Å²) in [6.07, 6.45) is 0. The molecule has 96 valence electrons. The molecule has 0 radical (unpaired) electrons. The Labute approximate surface area is 110 Å². The van der Waals surface area contributed by atoms with Crippen molar-refractivity contribution in [2.45, 2.75) is 46.7 Å². The van der Waals surface area contributed by atoms with Crippen LogP contribution in [-0.4, -0.2) is 22.9 Å². The molecule has 0 unspecified atom stereocenters. The van der Waals surface area contributed by atoms with Gasteiger partial charge in [0.25, 0.3) is 5.91 Å². The van der Waals surface area contributed by atoms with Gasteiger partial charge < -0.3 is 4.90 Å². The summed E-state index contributed by atoms with van der Waals surface area (Å²) in [5.41, 5.74) is 2.01. The molecule has 2 heteroatoms. The van der Waals surface area contributed by atoms with Gasteiger partial charge in [-0.05, 0) is 46.2 Å². The molecule has 1 aromatic rings. The third kappa shape index (κ3) is 3.63. The van der Waals surface area contributed by atoms with E-state index in [1.54, 1.807) is 4.90 Å².